The summed E-state index contributed by atoms with van der Waals surface area (Å²) in [6, 6.07) is 13.6. The summed E-state index contributed by atoms with van der Waals surface area (Å²) in [6.07, 6.45) is 1.74. The van der Waals surface area contributed by atoms with Crippen LogP contribution in [0.5, 0.6) is 0 Å². The summed E-state index contributed by atoms with van der Waals surface area (Å²) >= 11 is 0. The number of methoxy groups -OCH3 is 2. The molecule has 2 aromatic rings. The highest BCUT2D eigenvalue weighted by atomic mass is 16.6. The highest BCUT2D eigenvalue weighted by Crippen LogP contribution is 2.52. The van der Waals surface area contributed by atoms with Crippen molar-refractivity contribution in [2.75, 3.05) is 318 Å². The van der Waals surface area contributed by atoms with Crippen molar-refractivity contribution in [2.24, 2.45) is 0 Å². The van der Waals surface area contributed by atoms with Gasteiger partial charge < -0.3 is 114 Å². The molecule has 1 aliphatic carbocycles. The minimum Gasteiger partial charge on any atom is -0.382 e. The SMILES string of the molecule is COCCOCCOCCOCCOCCOCCOCCOCCOCCOCCOCCOCCCC1(COCCOCCOCCOCCOCCOCCOCCOCCOCCOCCOCCOC)c2cc(C)ccc2-c2ccc(C)cc21. The van der Waals surface area contributed by atoms with Crippen LogP contribution < -0.4 is 0 Å². The van der Waals surface area contributed by atoms with Crippen LogP contribution in [0.1, 0.15) is 35.1 Å². The number of benzene rings is 2. The van der Waals surface area contributed by atoms with Crippen LogP contribution in [0.3, 0.4) is 0 Å². The van der Waals surface area contributed by atoms with Gasteiger partial charge in [0.15, 0.2) is 0 Å². The Kier molecular flexibility index (Phi) is 55.9. The van der Waals surface area contributed by atoms with Crippen LogP contribution >= 0.6 is 0 Å². The van der Waals surface area contributed by atoms with E-state index in [0.29, 0.717) is 304 Å². The summed E-state index contributed by atoms with van der Waals surface area (Å²) in [5.41, 5.74) is 7.33. The molecule has 0 aromatic heterocycles. The van der Waals surface area contributed by atoms with Gasteiger partial charge in [0.05, 0.1) is 297 Å². The zero-order chi connectivity index (χ0) is 63.1. The molecule has 0 atom stereocenters. The molecule has 0 heterocycles. The zero-order valence-corrected chi connectivity index (χ0v) is 54.7. The van der Waals surface area contributed by atoms with Crippen molar-refractivity contribution in [1.82, 2.24) is 0 Å². The topological polar surface area (TPSA) is 222 Å². The number of hydrogen-bond donors (Lipinski definition) is 0. The lowest BCUT2D eigenvalue weighted by molar-refractivity contribution is -0.0286. The Morgan fingerprint density at radius 2 is 0.404 bits per heavy atom. The Morgan fingerprint density at radius 1 is 0.225 bits per heavy atom. The lowest BCUT2D eigenvalue weighted by Crippen LogP contribution is -2.33. The number of ether oxygens (including phenoxy) is 24. The zero-order valence-electron chi connectivity index (χ0n) is 54.7. The molecule has 0 aliphatic heterocycles. The average Bonchev–Trinajstić information content (AvgIpc) is 1.84. The molecule has 0 spiro atoms. The van der Waals surface area contributed by atoms with Gasteiger partial charge in [0.1, 0.15) is 0 Å². The third kappa shape index (κ3) is 44.7. The summed E-state index contributed by atoms with van der Waals surface area (Å²) in [4.78, 5) is 0. The van der Waals surface area contributed by atoms with Gasteiger partial charge >= 0.3 is 0 Å². The molecular formula is C65H114O24. The summed E-state index contributed by atoms with van der Waals surface area (Å²) in [6.45, 7) is 27.8. The minimum atomic E-state index is -0.305. The highest BCUT2D eigenvalue weighted by Gasteiger charge is 2.43. The molecular weight excluding hydrogens is 1160 g/mol. The van der Waals surface area contributed by atoms with Crippen molar-refractivity contribution in [2.45, 2.75) is 32.1 Å². The summed E-state index contributed by atoms with van der Waals surface area (Å²) in [7, 11) is 3.29. The molecule has 1 aliphatic rings. The van der Waals surface area contributed by atoms with E-state index in [0.717, 1.165) is 12.8 Å². The molecule has 0 unspecified atom stereocenters. The maximum atomic E-state index is 6.48. The lowest BCUT2D eigenvalue weighted by atomic mass is 9.74. The molecule has 0 amide bonds. The number of aryl methyl sites for hydroxylation is 2. The third-order valence-corrected chi connectivity index (χ3v) is 13.2. The van der Waals surface area contributed by atoms with Gasteiger partial charge in [-0.3, -0.25) is 0 Å². The predicted molar refractivity (Wildman–Crippen MR) is 333 cm³/mol. The number of hydrogen-bond acceptors (Lipinski definition) is 24. The van der Waals surface area contributed by atoms with E-state index in [2.05, 4.69) is 50.2 Å². The van der Waals surface area contributed by atoms with E-state index in [4.69, 9.17) is 114 Å². The van der Waals surface area contributed by atoms with Crippen LogP contribution in [-0.2, 0) is 119 Å². The first kappa shape index (κ1) is 80.7. The monoisotopic (exact) mass is 1280 g/mol. The average molecular weight is 1280 g/mol. The molecule has 0 bridgehead atoms. The summed E-state index contributed by atoms with van der Waals surface area (Å²) < 4.78 is 134. The van der Waals surface area contributed by atoms with Crippen molar-refractivity contribution in [3.05, 3.63) is 58.7 Å². The molecule has 2 aromatic carbocycles. The van der Waals surface area contributed by atoms with Crippen molar-refractivity contribution in [3.8, 4) is 11.1 Å². The first-order valence-electron chi connectivity index (χ1n) is 32.0. The van der Waals surface area contributed by atoms with E-state index in [1.54, 1.807) is 14.2 Å². The van der Waals surface area contributed by atoms with Gasteiger partial charge in [-0.2, -0.15) is 0 Å². The molecule has 0 saturated heterocycles. The van der Waals surface area contributed by atoms with Gasteiger partial charge in [0.25, 0.3) is 0 Å². The Morgan fingerprint density at radius 3 is 0.607 bits per heavy atom. The Balaban J connectivity index is 1.08. The first-order valence-corrected chi connectivity index (χ1v) is 32.0. The van der Waals surface area contributed by atoms with Crippen molar-refractivity contribution >= 4 is 0 Å². The van der Waals surface area contributed by atoms with Crippen LogP contribution in [-0.4, -0.2) is 318 Å². The van der Waals surface area contributed by atoms with Crippen molar-refractivity contribution < 1.29 is 114 Å². The minimum absolute atomic E-state index is 0.305. The molecule has 0 N–H and O–H groups in total. The maximum Gasteiger partial charge on any atom is 0.0701 e. The second-order valence-corrected chi connectivity index (χ2v) is 20.2. The molecule has 24 nitrogen and oxygen atoms in total. The maximum absolute atomic E-state index is 6.48. The van der Waals surface area contributed by atoms with E-state index < -0.39 is 0 Å². The Bertz CT molecular complexity index is 1770. The van der Waals surface area contributed by atoms with Gasteiger partial charge in [0, 0.05) is 26.2 Å². The van der Waals surface area contributed by atoms with E-state index in [9.17, 15) is 0 Å². The van der Waals surface area contributed by atoms with Gasteiger partial charge in [-0.05, 0) is 48.9 Å². The van der Waals surface area contributed by atoms with Crippen LogP contribution in [0.25, 0.3) is 11.1 Å². The summed E-state index contributed by atoms with van der Waals surface area (Å²) in [5.74, 6) is 0. The van der Waals surface area contributed by atoms with Gasteiger partial charge in [-0.15, -0.1) is 0 Å². The fourth-order valence-electron chi connectivity index (χ4n) is 8.73. The van der Waals surface area contributed by atoms with Gasteiger partial charge in [-0.25, -0.2) is 0 Å². The van der Waals surface area contributed by atoms with E-state index in [1.165, 1.54) is 33.4 Å². The molecule has 0 saturated carbocycles. The van der Waals surface area contributed by atoms with Crippen LogP contribution in [0.2, 0.25) is 0 Å². The second-order valence-electron chi connectivity index (χ2n) is 20.2. The van der Waals surface area contributed by atoms with Crippen molar-refractivity contribution in [3.63, 3.8) is 0 Å². The van der Waals surface area contributed by atoms with Crippen LogP contribution in [0.4, 0.5) is 0 Å². The van der Waals surface area contributed by atoms with E-state index >= 15 is 0 Å². The third-order valence-electron chi connectivity index (χ3n) is 13.2. The fraction of sp³-hybridized carbons (Fsp3) is 0.815. The molecule has 0 fully saturated rings. The smallest absolute Gasteiger partial charge is 0.0701 e. The molecule has 518 valence electrons. The molecule has 24 heteroatoms. The van der Waals surface area contributed by atoms with E-state index in [1.807, 2.05) is 0 Å². The molecule has 0 radical (unpaired) electrons. The van der Waals surface area contributed by atoms with Crippen molar-refractivity contribution in [1.29, 1.82) is 0 Å². The molecule has 89 heavy (non-hydrogen) atoms. The van der Waals surface area contributed by atoms with Crippen LogP contribution in [0.15, 0.2) is 36.4 Å². The summed E-state index contributed by atoms with van der Waals surface area (Å²) in [5, 5.41) is 0. The Labute approximate surface area is 532 Å². The van der Waals surface area contributed by atoms with Crippen LogP contribution in [0, 0.1) is 13.8 Å². The predicted octanol–water partition coefficient (Wildman–Crippen LogP) is 5.01. The quantitative estimate of drug-likeness (QED) is 0.0795. The normalized spacial score (nSPS) is 12.7. The first-order chi connectivity index (χ1) is 44.1. The standard InChI is InChI=1S/C65H114O24/c1-59-6-8-61-62-9-7-60(2)57-64(62)65(63(61)56-59,58-89-55-54-88-53-52-87-51-50-86-49-48-85-47-46-84-45-43-82-39-37-79-33-31-76-27-25-73-21-19-70-15-13-67-4)10-5-11-68-16-17-71-22-23-74-28-29-77-34-35-80-40-41-83-44-42-81-38-36-78-32-30-75-26-24-72-20-18-69-14-12-66-3/h6-9,56-57H,5,10-55,58H2,1-4H3. The fourth-order valence-corrected chi connectivity index (χ4v) is 8.73. The Hall–Kier alpha value is -2.52. The van der Waals surface area contributed by atoms with Gasteiger partial charge in [0.2, 0.25) is 0 Å². The number of rotatable bonds is 72. The van der Waals surface area contributed by atoms with Gasteiger partial charge in [-0.1, -0.05) is 47.5 Å². The largest absolute Gasteiger partial charge is 0.382 e. The highest BCUT2D eigenvalue weighted by molar-refractivity contribution is 5.81. The number of fused-ring (bicyclic) bond motifs is 3. The second kappa shape index (κ2) is 61.6. The van der Waals surface area contributed by atoms with E-state index in [-0.39, 0.29) is 5.41 Å². The lowest BCUT2D eigenvalue weighted by Gasteiger charge is -2.32. The molecule has 3 rings (SSSR count).